The molecule has 0 aliphatic rings. The summed E-state index contributed by atoms with van der Waals surface area (Å²) in [5, 5.41) is 12.8. The minimum Gasteiger partial charge on any atom is -0.483 e. The first kappa shape index (κ1) is 19.9. The van der Waals surface area contributed by atoms with Crippen LogP contribution in [0.1, 0.15) is 23.9 Å². The van der Waals surface area contributed by atoms with Crippen LogP contribution in [0.5, 0.6) is 5.75 Å². The topological polar surface area (TPSA) is 92.0 Å². The average molecular weight is 427 g/mol. The van der Waals surface area contributed by atoms with Gasteiger partial charge in [0.1, 0.15) is 6.61 Å². The molecule has 0 fully saturated rings. The molecule has 0 aliphatic carbocycles. The number of ether oxygens (including phenoxy) is 1. The molecule has 0 aliphatic heterocycles. The van der Waals surface area contributed by atoms with Crippen molar-refractivity contribution in [3.8, 4) is 17.3 Å². The number of aromatic nitrogens is 5. The fourth-order valence-corrected chi connectivity index (χ4v) is 3.55. The second kappa shape index (κ2) is 8.95. The van der Waals surface area contributed by atoms with Crippen molar-refractivity contribution in [2.75, 3.05) is 0 Å². The molecule has 8 nitrogen and oxygen atoms in total. The molecule has 0 radical (unpaired) electrons. The van der Waals surface area contributed by atoms with Gasteiger partial charge >= 0.3 is 0 Å². The van der Waals surface area contributed by atoms with Crippen LogP contribution < -0.4 is 4.74 Å². The average Bonchev–Trinajstić information content (AvgIpc) is 3.49. The Hall–Kier alpha value is -3.40. The maximum absolute atomic E-state index is 13.8. The summed E-state index contributed by atoms with van der Waals surface area (Å²) < 4.78 is 31.9. The molecule has 154 valence electrons. The van der Waals surface area contributed by atoms with Crippen molar-refractivity contribution in [3.05, 3.63) is 72.8 Å². The Morgan fingerprint density at radius 1 is 1.27 bits per heavy atom. The van der Waals surface area contributed by atoms with Crippen LogP contribution in [-0.4, -0.2) is 24.9 Å². The lowest BCUT2D eigenvalue weighted by Gasteiger charge is -2.10. The normalized spacial score (nSPS) is 12.1. The molecule has 4 rings (SSSR count). The first-order valence-corrected chi connectivity index (χ1v) is 9.98. The number of benzene rings is 1. The number of rotatable bonds is 9. The number of hydrogen-bond donors (Lipinski definition) is 0. The maximum Gasteiger partial charge on any atom is 0.240 e. The third kappa shape index (κ3) is 4.28. The second-order valence-corrected chi connectivity index (χ2v) is 7.52. The van der Waals surface area contributed by atoms with Crippen LogP contribution in [0.4, 0.5) is 4.39 Å². The lowest BCUT2D eigenvalue weighted by atomic mass is 10.3. The molecule has 0 spiro atoms. The molecule has 4 aromatic rings. The Morgan fingerprint density at radius 2 is 2.13 bits per heavy atom. The third-order valence-corrected chi connectivity index (χ3v) is 5.18. The highest BCUT2D eigenvalue weighted by atomic mass is 32.2. The number of allylic oxidation sites excluding steroid dienone is 1. The first-order chi connectivity index (χ1) is 14.7. The van der Waals surface area contributed by atoms with E-state index in [4.69, 9.17) is 13.7 Å². The number of thioether (sulfide) groups is 1. The van der Waals surface area contributed by atoms with Gasteiger partial charge in [0.05, 0.1) is 11.5 Å². The minimum absolute atomic E-state index is 0.0694. The highest BCUT2D eigenvalue weighted by Gasteiger charge is 2.22. The highest BCUT2D eigenvalue weighted by Crippen LogP contribution is 2.34. The van der Waals surface area contributed by atoms with E-state index < -0.39 is 5.82 Å². The van der Waals surface area contributed by atoms with E-state index in [9.17, 15) is 4.39 Å². The molecule has 3 heterocycles. The van der Waals surface area contributed by atoms with Crippen molar-refractivity contribution >= 4 is 11.8 Å². The molecular formula is C20H18FN5O3S. The predicted octanol–water partition coefficient (Wildman–Crippen LogP) is 4.68. The number of para-hydroxylation sites is 1. The van der Waals surface area contributed by atoms with Gasteiger partial charge in [0.25, 0.3) is 0 Å². The summed E-state index contributed by atoms with van der Waals surface area (Å²) in [5.41, 5.74) is 0. The number of halogens is 1. The van der Waals surface area contributed by atoms with Crippen LogP contribution in [0.2, 0.25) is 0 Å². The van der Waals surface area contributed by atoms with Gasteiger partial charge < -0.3 is 13.7 Å². The van der Waals surface area contributed by atoms with Crippen LogP contribution in [0.3, 0.4) is 0 Å². The number of hydrogen-bond acceptors (Lipinski definition) is 8. The number of furan rings is 1. The predicted molar refractivity (Wildman–Crippen MR) is 107 cm³/mol. The smallest absolute Gasteiger partial charge is 0.240 e. The summed E-state index contributed by atoms with van der Waals surface area (Å²) >= 11 is 1.40. The molecule has 10 heteroatoms. The Bertz CT molecular complexity index is 1130. The summed E-state index contributed by atoms with van der Waals surface area (Å²) in [5.74, 6) is 1.63. The summed E-state index contributed by atoms with van der Waals surface area (Å²) in [6.45, 7) is 6.25. The summed E-state index contributed by atoms with van der Waals surface area (Å²) in [6, 6.07) is 9.73. The summed E-state index contributed by atoms with van der Waals surface area (Å²) in [7, 11) is 0. The van der Waals surface area contributed by atoms with Crippen molar-refractivity contribution in [2.45, 2.75) is 30.5 Å². The van der Waals surface area contributed by atoms with Crippen LogP contribution in [0.25, 0.3) is 11.6 Å². The Morgan fingerprint density at radius 3 is 2.90 bits per heavy atom. The molecule has 1 atom stereocenters. The zero-order valence-electron chi connectivity index (χ0n) is 16.1. The van der Waals surface area contributed by atoms with Gasteiger partial charge in [-0.05, 0) is 31.2 Å². The van der Waals surface area contributed by atoms with E-state index in [2.05, 4.69) is 26.9 Å². The van der Waals surface area contributed by atoms with Gasteiger partial charge in [-0.25, -0.2) is 4.39 Å². The van der Waals surface area contributed by atoms with E-state index in [1.807, 2.05) is 11.5 Å². The highest BCUT2D eigenvalue weighted by molar-refractivity contribution is 7.99. The monoisotopic (exact) mass is 427 g/mol. The molecule has 0 saturated carbocycles. The van der Waals surface area contributed by atoms with Gasteiger partial charge in [0.15, 0.2) is 28.3 Å². The molecule has 1 aromatic carbocycles. The summed E-state index contributed by atoms with van der Waals surface area (Å²) in [6.07, 6.45) is 3.28. The fraction of sp³-hybridized carbons (Fsp3) is 0.200. The van der Waals surface area contributed by atoms with Crippen molar-refractivity contribution in [1.82, 2.24) is 24.9 Å². The molecule has 0 unspecified atom stereocenters. The zero-order chi connectivity index (χ0) is 20.9. The van der Waals surface area contributed by atoms with Gasteiger partial charge in [-0.1, -0.05) is 35.1 Å². The van der Waals surface area contributed by atoms with Gasteiger partial charge in [-0.3, -0.25) is 4.57 Å². The molecule has 0 amide bonds. The lowest BCUT2D eigenvalue weighted by molar-refractivity contribution is 0.275. The maximum atomic E-state index is 13.8. The van der Waals surface area contributed by atoms with Crippen molar-refractivity contribution < 1.29 is 18.1 Å². The first-order valence-electron chi connectivity index (χ1n) is 9.10. The molecule has 0 saturated heterocycles. The van der Waals surface area contributed by atoms with Crippen molar-refractivity contribution in [2.24, 2.45) is 0 Å². The van der Waals surface area contributed by atoms with Gasteiger partial charge in [-0.15, -0.1) is 16.8 Å². The van der Waals surface area contributed by atoms with Crippen molar-refractivity contribution in [3.63, 3.8) is 0 Å². The Balaban J connectivity index is 1.48. The standard InChI is InChI=1S/C20H18FN5O3S/c1-3-10-26-17(12-28-15-8-5-4-7-14(15)21)23-24-20(26)30-13(2)19-22-18(25-29-19)16-9-6-11-27-16/h3-9,11,13H,1,10,12H2,2H3/t13-/m1/s1. The van der Waals surface area contributed by atoms with E-state index in [0.29, 0.717) is 35.0 Å². The minimum atomic E-state index is -0.431. The van der Waals surface area contributed by atoms with Gasteiger partial charge in [-0.2, -0.15) is 4.98 Å². The van der Waals surface area contributed by atoms with Crippen LogP contribution in [0, 0.1) is 5.82 Å². The Kier molecular flexibility index (Phi) is 5.94. The van der Waals surface area contributed by atoms with Gasteiger partial charge in [0, 0.05) is 6.54 Å². The van der Waals surface area contributed by atoms with E-state index in [-0.39, 0.29) is 17.6 Å². The SMILES string of the molecule is C=CCn1c(COc2ccccc2F)nnc1S[C@H](C)c1nc(-c2ccco2)no1. The molecule has 30 heavy (non-hydrogen) atoms. The third-order valence-electron chi connectivity index (χ3n) is 4.11. The fourth-order valence-electron chi connectivity index (χ4n) is 2.64. The van der Waals surface area contributed by atoms with Crippen LogP contribution >= 0.6 is 11.8 Å². The largest absolute Gasteiger partial charge is 0.483 e. The molecular weight excluding hydrogens is 409 g/mol. The van der Waals surface area contributed by atoms with Crippen molar-refractivity contribution in [1.29, 1.82) is 0 Å². The van der Waals surface area contributed by atoms with Crippen LogP contribution in [-0.2, 0) is 13.2 Å². The van der Waals surface area contributed by atoms with Crippen LogP contribution in [0.15, 0.2) is 69.4 Å². The molecule has 0 N–H and O–H groups in total. The Labute approximate surface area is 175 Å². The van der Waals surface area contributed by atoms with E-state index in [0.717, 1.165) is 0 Å². The van der Waals surface area contributed by atoms with E-state index in [1.54, 1.807) is 42.7 Å². The molecule has 0 bridgehead atoms. The lowest BCUT2D eigenvalue weighted by Crippen LogP contribution is -2.08. The zero-order valence-corrected chi connectivity index (χ0v) is 16.9. The quantitative estimate of drug-likeness (QED) is 0.281. The van der Waals surface area contributed by atoms with E-state index in [1.165, 1.54) is 17.8 Å². The summed E-state index contributed by atoms with van der Waals surface area (Å²) in [4.78, 5) is 4.38. The molecule has 3 aromatic heterocycles. The van der Waals surface area contributed by atoms with Gasteiger partial charge in [0.2, 0.25) is 11.7 Å². The second-order valence-electron chi connectivity index (χ2n) is 6.21. The number of nitrogens with zero attached hydrogens (tertiary/aromatic N) is 5. The van der Waals surface area contributed by atoms with E-state index >= 15 is 0 Å².